The van der Waals surface area contributed by atoms with E-state index in [9.17, 15) is 0 Å². The Bertz CT molecular complexity index is 3410. The van der Waals surface area contributed by atoms with Crippen LogP contribution in [0.2, 0.25) is 0 Å². The Balaban J connectivity index is 1.03. The van der Waals surface area contributed by atoms with Crippen molar-refractivity contribution in [1.29, 1.82) is 0 Å². The molecule has 0 saturated carbocycles. The summed E-state index contributed by atoms with van der Waals surface area (Å²) in [6, 6.07) is 64.9. The van der Waals surface area contributed by atoms with Crippen LogP contribution in [-0.4, -0.2) is 19.5 Å². The molecule has 0 aliphatic heterocycles. The maximum atomic E-state index is 5.03. The van der Waals surface area contributed by atoms with Gasteiger partial charge >= 0.3 is 0 Å². The van der Waals surface area contributed by atoms with Gasteiger partial charge in [-0.3, -0.25) is 0 Å². The first-order valence-electron chi connectivity index (χ1n) is 19.0. The number of rotatable bonds is 5. The highest BCUT2D eigenvalue weighted by Gasteiger charge is 2.19. The van der Waals surface area contributed by atoms with E-state index in [2.05, 4.69) is 126 Å². The molecule has 266 valence electrons. The Hall–Kier alpha value is -6.99. The van der Waals surface area contributed by atoms with Crippen LogP contribution in [0, 0.1) is 0 Å². The number of aromatic nitrogens is 4. The first-order chi connectivity index (χ1) is 28.2. The highest BCUT2D eigenvalue weighted by molar-refractivity contribution is 7.26. The summed E-state index contributed by atoms with van der Waals surface area (Å²) >= 11 is 3.72. The predicted octanol–water partition coefficient (Wildman–Crippen LogP) is 14.4. The topological polar surface area (TPSA) is 43.6 Å². The fourth-order valence-electron chi connectivity index (χ4n) is 8.47. The molecular weight excluding hydrogens is 733 g/mol. The molecule has 0 bridgehead atoms. The van der Waals surface area contributed by atoms with Crippen LogP contribution in [0.5, 0.6) is 0 Å². The molecule has 0 aliphatic rings. The van der Waals surface area contributed by atoms with Crippen molar-refractivity contribution in [2.75, 3.05) is 0 Å². The Morgan fingerprint density at radius 1 is 0.351 bits per heavy atom. The monoisotopic (exact) mass is 762 g/mol. The van der Waals surface area contributed by atoms with Gasteiger partial charge in [0.05, 0.1) is 11.0 Å². The zero-order valence-corrected chi connectivity index (χ0v) is 32.1. The minimum Gasteiger partial charge on any atom is -0.309 e. The van der Waals surface area contributed by atoms with E-state index in [1.54, 1.807) is 0 Å². The van der Waals surface area contributed by atoms with Crippen LogP contribution in [-0.2, 0) is 0 Å². The number of hydrogen-bond donors (Lipinski definition) is 0. The van der Waals surface area contributed by atoms with Gasteiger partial charge in [-0.1, -0.05) is 127 Å². The summed E-state index contributed by atoms with van der Waals surface area (Å²) in [5, 5.41) is 7.56. The lowest BCUT2D eigenvalue weighted by Gasteiger charge is -2.10. The van der Waals surface area contributed by atoms with Crippen molar-refractivity contribution < 1.29 is 0 Å². The van der Waals surface area contributed by atoms with Crippen LogP contribution >= 0.6 is 22.7 Å². The average Bonchev–Trinajstić information content (AvgIpc) is 3.96. The number of benzene rings is 8. The molecule has 0 radical (unpaired) electrons. The summed E-state index contributed by atoms with van der Waals surface area (Å²) in [6.07, 6.45) is 0. The molecule has 4 nitrogen and oxygen atoms in total. The van der Waals surface area contributed by atoms with E-state index in [4.69, 9.17) is 15.0 Å². The van der Waals surface area contributed by atoms with Gasteiger partial charge in [0.1, 0.15) is 0 Å². The van der Waals surface area contributed by atoms with Gasteiger partial charge in [-0.15, -0.1) is 22.7 Å². The van der Waals surface area contributed by atoms with Crippen molar-refractivity contribution in [3.63, 3.8) is 0 Å². The molecule has 0 N–H and O–H groups in total. The van der Waals surface area contributed by atoms with E-state index in [1.165, 1.54) is 79.0 Å². The molecule has 4 aromatic heterocycles. The average molecular weight is 763 g/mol. The second kappa shape index (κ2) is 12.8. The van der Waals surface area contributed by atoms with E-state index in [0.717, 1.165) is 16.7 Å². The van der Waals surface area contributed by atoms with E-state index in [1.807, 2.05) is 83.3 Å². The van der Waals surface area contributed by atoms with E-state index in [-0.39, 0.29) is 0 Å². The van der Waals surface area contributed by atoms with E-state index < -0.39 is 0 Å². The van der Waals surface area contributed by atoms with Crippen molar-refractivity contribution >= 4 is 84.8 Å². The standard InChI is InChI=1S/C51H30N4S2/c1-3-13-31(14-4-1)49-52-50(32-15-5-2-6-16-32)54-51(53-49)33-25-27-44-40(29-33)39-21-11-20-38(48(39)57-44)37-19-12-24-46-47(37)41-30-34(26-28-45(41)56-46)55-42-22-9-7-17-35(42)36-18-8-10-23-43(36)55/h1-30H. The number of hydrogen-bond acceptors (Lipinski definition) is 5. The quantitative estimate of drug-likeness (QED) is 0.175. The molecule has 6 heteroatoms. The zero-order chi connectivity index (χ0) is 37.5. The van der Waals surface area contributed by atoms with Crippen LogP contribution in [0.15, 0.2) is 182 Å². The highest BCUT2D eigenvalue weighted by Crippen LogP contribution is 2.46. The summed E-state index contributed by atoms with van der Waals surface area (Å²) in [7, 11) is 0. The Morgan fingerprint density at radius 3 is 1.61 bits per heavy atom. The van der Waals surface area contributed by atoms with Crippen molar-refractivity contribution in [3.8, 4) is 51.0 Å². The van der Waals surface area contributed by atoms with Crippen molar-refractivity contribution in [1.82, 2.24) is 19.5 Å². The van der Waals surface area contributed by atoms with Crippen molar-refractivity contribution in [2.24, 2.45) is 0 Å². The summed E-state index contributed by atoms with van der Waals surface area (Å²) in [6.45, 7) is 0. The number of para-hydroxylation sites is 2. The number of nitrogens with zero attached hydrogens (tertiary/aromatic N) is 4. The lowest BCUT2D eigenvalue weighted by Crippen LogP contribution is -2.00. The third-order valence-electron chi connectivity index (χ3n) is 11.1. The minimum atomic E-state index is 0.661. The summed E-state index contributed by atoms with van der Waals surface area (Å²) < 4.78 is 7.51. The Labute approximate surface area is 335 Å². The SMILES string of the molecule is c1ccc(-c2nc(-c3ccccc3)nc(-c3ccc4sc5c(-c6cccc7sc8ccc(-n9c%10ccccc%10c%10ccccc%109)cc8c67)cccc5c4c3)n2)cc1. The molecule has 0 saturated heterocycles. The molecule has 0 atom stereocenters. The molecule has 0 fully saturated rings. The van der Waals surface area contributed by atoms with Crippen LogP contribution in [0.25, 0.3) is 113 Å². The second-order valence-electron chi connectivity index (χ2n) is 14.4. The van der Waals surface area contributed by atoms with Crippen LogP contribution in [0.1, 0.15) is 0 Å². The van der Waals surface area contributed by atoms with Gasteiger partial charge in [-0.2, -0.15) is 0 Å². The molecule has 0 amide bonds. The first-order valence-corrected chi connectivity index (χ1v) is 20.7. The van der Waals surface area contributed by atoms with Crippen LogP contribution in [0.4, 0.5) is 0 Å². The van der Waals surface area contributed by atoms with Crippen molar-refractivity contribution in [3.05, 3.63) is 182 Å². The predicted molar refractivity (Wildman–Crippen MR) is 242 cm³/mol. The maximum Gasteiger partial charge on any atom is 0.164 e. The zero-order valence-electron chi connectivity index (χ0n) is 30.4. The van der Waals surface area contributed by atoms with Gasteiger partial charge in [0.25, 0.3) is 0 Å². The molecule has 4 heterocycles. The molecule has 12 aromatic rings. The van der Waals surface area contributed by atoms with Gasteiger partial charge in [-0.25, -0.2) is 15.0 Å². The van der Waals surface area contributed by atoms with E-state index >= 15 is 0 Å². The lowest BCUT2D eigenvalue weighted by atomic mass is 9.97. The van der Waals surface area contributed by atoms with Crippen molar-refractivity contribution in [2.45, 2.75) is 0 Å². The Kier molecular flexibility index (Phi) is 7.24. The van der Waals surface area contributed by atoms with Crippen LogP contribution < -0.4 is 0 Å². The smallest absolute Gasteiger partial charge is 0.164 e. The molecule has 57 heavy (non-hydrogen) atoms. The van der Waals surface area contributed by atoms with Gasteiger partial charge < -0.3 is 4.57 Å². The third-order valence-corrected chi connectivity index (χ3v) is 13.4. The second-order valence-corrected chi connectivity index (χ2v) is 16.5. The maximum absolute atomic E-state index is 5.03. The fourth-order valence-corrected chi connectivity index (χ4v) is 10.8. The summed E-state index contributed by atoms with van der Waals surface area (Å²) in [5.41, 5.74) is 9.01. The fraction of sp³-hybridized carbons (Fsp3) is 0. The molecule has 0 aliphatic carbocycles. The van der Waals surface area contributed by atoms with Gasteiger partial charge in [0, 0.05) is 79.1 Å². The number of thiophene rings is 2. The summed E-state index contributed by atoms with van der Waals surface area (Å²) in [5.74, 6) is 1.98. The van der Waals surface area contributed by atoms with Gasteiger partial charge in [0.2, 0.25) is 0 Å². The van der Waals surface area contributed by atoms with Gasteiger partial charge in [0.15, 0.2) is 17.5 Å². The van der Waals surface area contributed by atoms with E-state index in [0.29, 0.717) is 17.5 Å². The Morgan fingerprint density at radius 2 is 0.912 bits per heavy atom. The first kappa shape index (κ1) is 32.3. The van der Waals surface area contributed by atoms with Crippen LogP contribution in [0.3, 0.4) is 0 Å². The summed E-state index contributed by atoms with van der Waals surface area (Å²) in [4.78, 5) is 15.0. The molecular formula is C51H30N4S2. The molecule has 0 spiro atoms. The highest BCUT2D eigenvalue weighted by atomic mass is 32.1. The molecule has 0 unspecified atom stereocenters. The third kappa shape index (κ3) is 5.15. The lowest BCUT2D eigenvalue weighted by molar-refractivity contribution is 1.07. The molecule has 12 rings (SSSR count). The largest absolute Gasteiger partial charge is 0.309 e. The minimum absolute atomic E-state index is 0.661. The molecule has 8 aromatic carbocycles. The number of fused-ring (bicyclic) bond motifs is 9. The normalized spacial score (nSPS) is 11.9. The van der Waals surface area contributed by atoms with Gasteiger partial charge in [-0.05, 0) is 60.2 Å².